The van der Waals surface area contributed by atoms with Crippen molar-refractivity contribution in [1.29, 1.82) is 5.26 Å². The van der Waals surface area contributed by atoms with Crippen LogP contribution in [0, 0.1) is 11.3 Å². The fraction of sp³-hybridized carbons (Fsp3) is 0.533. The van der Waals surface area contributed by atoms with Crippen LogP contribution in [0.1, 0.15) is 31.2 Å². The summed E-state index contributed by atoms with van der Waals surface area (Å²) in [7, 11) is 0. The zero-order chi connectivity index (χ0) is 14.2. The predicted octanol–water partition coefficient (Wildman–Crippen LogP) is 1.47. The highest BCUT2D eigenvalue weighted by molar-refractivity contribution is 5.82. The van der Waals surface area contributed by atoms with Crippen LogP contribution in [0.2, 0.25) is 0 Å². The van der Waals surface area contributed by atoms with Gasteiger partial charge in [0, 0.05) is 25.5 Å². The Morgan fingerprint density at radius 2 is 2.45 bits per heavy atom. The number of carbonyl (C=O) groups excluding carboxylic acids is 1. The molecule has 2 rings (SSSR count). The molecule has 1 aliphatic rings. The first-order valence-corrected chi connectivity index (χ1v) is 7.09. The molecule has 0 aromatic carbocycles. The van der Waals surface area contributed by atoms with E-state index in [1.54, 1.807) is 17.3 Å². The maximum absolute atomic E-state index is 12.5. The van der Waals surface area contributed by atoms with Crippen LogP contribution in [0.3, 0.4) is 0 Å². The second kappa shape index (κ2) is 7.61. The van der Waals surface area contributed by atoms with Gasteiger partial charge in [0.1, 0.15) is 0 Å². The molecule has 0 bridgehead atoms. The topological polar surface area (TPSA) is 69.0 Å². The number of nitriles is 1. The molecule has 20 heavy (non-hydrogen) atoms. The Morgan fingerprint density at radius 3 is 3.10 bits per heavy atom. The van der Waals surface area contributed by atoms with Gasteiger partial charge in [-0.2, -0.15) is 5.26 Å². The van der Waals surface area contributed by atoms with Gasteiger partial charge in [0.25, 0.3) is 0 Å². The van der Waals surface area contributed by atoms with Gasteiger partial charge in [-0.1, -0.05) is 12.5 Å². The Kier molecular flexibility index (Phi) is 5.51. The fourth-order valence-corrected chi connectivity index (χ4v) is 2.45. The van der Waals surface area contributed by atoms with Gasteiger partial charge in [0.15, 0.2) is 0 Å². The highest BCUT2D eigenvalue weighted by Gasteiger charge is 2.25. The molecule has 106 valence electrons. The summed E-state index contributed by atoms with van der Waals surface area (Å²) in [6, 6.07) is 5.83. The summed E-state index contributed by atoms with van der Waals surface area (Å²) in [6.07, 6.45) is 6.94. The molecule has 1 atom stereocenters. The summed E-state index contributed by atoms with van der Waals surface area (Å²) < 4.78 is 0. The first kappa shape index (κ1) is 14.5. The van der Waals surface area contributed by atoms with Crippen LogP contribution in [0.5, 0.6) is 0 Å². The summed E-state index contributed by atoms with van der Waals surface area (Å²) in [4.78, 5) is 18.4. The SMILES string of the molecule is N#CCCN(Cc1cccnc1)C(=O)[C@@H]1CCCCN1. The number of hydrogen-bond acceptors (Lipinski definition) is 4. The van der Waals surface area contributed by atoms with Crippen molar-refractivity contribution in [2.75, 3.05) is 13.1 Å². The molecule has 1 N–H and O–H groups in total. The summed E-state index contributed by atoms with van der Waals surface area (Å²) in [5.41, 5.74) is 0.995. The molecule has 2 heterocycles. The quantitative estimate of drug-likeness (QED) is 0.881. The summed E-state index contributed by atoms with van der Waals surface area (Å²) >= 11 is 0. The lowest BCUT2D eigenvalue weighted by Crippen LogP contribution is -2.48. The molecule has 0 aliphatic carbocycles. The summed E-state index contributed by atoms with van der Waals surface area (Å²) in [5.74, 6) is 0.101. The van der Waals surface area contributed by atoms with Gasteiger partial charge in [-0.05, 0) is 31.0 Å². The van der Waals surface area contributed by atoms with E-state index < -0.39 is 0 Å². The van der Waals surface area contributed by atoms with E-state index in [4.69, 9.17) is 5.26 Å². The van der Waals surface area contributed by atoms with E-state index in [1.807, 2.05) is 12.1 Å². The third-order valence-corrected chi connectivity index (χ3v) is 3.51. The van der Waals surface area contributed by atoms with Crippen molar-refractivity contribution in [3.8, 4) is 6.07 Å². The number of pyridine rings is 1. The van der Waals surface area contributed by atoms with Gasteiger partial charge in [-0.25, -0.2) is 0 Å². The number of nitrogens with one attached hydrogen (secondary N) is 1. The standard InChI is InChI=1S/C15H20N4O/c16-7-4-10-19(12-13-5-3-8-17-11-13)15(20)14-6-1-2-9-18-14/h3,5,8,11,14,18H,1-2,4,6,9-10,12H2/t14-/m0/s1. The van der Waals surface area contributed by atoms with Crippen LogP contribution in [-0.2, 0) is 11.3 Å². The van der Waals surface area contributed by atoms with Gasteiger partial charge < -0.3 is 10.2 Å². The molecule has 0 saturated carbocycles. The molecule has 0 radical (unpaired) electrons. The van der Waals surface area contributed by atoms with Crippen LogP contribution in [0.25, 0.3) is 0 Å². The van der Waals surface area contributed by atoms with E-state index in [1.165, 1.54) is 0 Å². The molecule has 1 fully saturated rings. The van der Waals surface area contributed by atoms with Crippen LogP contribution in [0.15, 0.2) is 24.5 Å². The van der Waals surface area contributed by atoms with Gasteiger partial charge in [0.2, 0.25) is 5.91 Å². The lowest BCUT2D eigenvalue weighted by Gasteiger charge is -2.29. The molecule has 1 aromatic rings. The maximum Gasteiger partial charge on any atom is 0.240 e. The molecule has 1 aromatic heterocycles. The third-order valence-electron chi connectivity index (χ3n) is 3.51. The van der Waals surface area contributed by atoms with Crippen molar-refractivity contribution >= 4 is 5.91 Å². The molecule has 1 amide bonds. The van der Waals surface area contributed by atoms with Crippen LogP contribution in [-0.4, -0.2) is 34.9 Å². The Hall–Kier alpha value is -1.93. The Labute approximate surface area is 119 Å². The van der Waals surface area contributed by atoms with E-state index >= 15 is 0 Å². The fourth-order valence-electron chi connectivity index (χ4n) is 2.45. The van der Waals surface area contributed by atoms with Crippen molar-refractivity contribution in [2.24, 2.45) is 0 Å². The first-order chi connectivity index (χ1) is 9.81. The number of nitrogens with zero attached hydrogens (tertiary/aromatic N) is 3. The van der Waals surface area contributed by atoms with Gasteiger partial charge in [-0.15, -0.1) is 0 Å². The van der Waals surface area contributed by atoms with Gasteiger partial charge in [-0.3, -0.25) is 9.78 Å². The number of aromatic nitrogens is 1. The highest BCUT2D eigenvalue weighted by Crippen LogP contribution is 2.12. The highest BCUT2D eigenvalue weighted by atomic mass is 16.2. The first-order valence-electron chi connectivity index (χ1n) is 7.09. The average molecular weight is 272 g/mol. The predicted molar refractivity (Wildman–Crippen MR) is 75.5 cm³/mol. The number of piperidine rings is 1. The van der Waals surface area contributed by atoms with Crippen LogP contribution in [0.4, 0.5) is 0 Å². The van der Waals surface area contributed by atoms with Crippen molar-refractivity contribution in [3.63, 3.8) is 0 Å². The summed E-state index contributed by atoms with van der Waals surface area (Å²) in [6.45, 7) is 1.89. The zero-order valence-corrected chi connectivity index (χ0v) is 11.6. The number of rotatable bonds is 5. The molecule has 0 unspecified atom stereocenters. The Balaban J connectivity index is 2.02. The van der Waals surface area contributed by atoms with Crippen LogP contribution >= 0.6 is 0 Å². The van der Waals surface area contributed by atoms with Gasteiger partial charge >= 0.3 is 0 Å². The van der Waals surface area contributed by atoms with Crippen molar-refractivity contribution < 1.29 is 4.79 Å². The van der Waals surface area contributed by atoms with Crippen LogP contribution < -0.4 is 5.32 Å². The zero-order valence-electron chi connectivity index (χ0n) is 11.6. The van der Waals surface area contributed by atoms with E-state index in [-0.39, 0.29) is 11.9 Å². The third kappa shape index (κ3) is 4.04. The normalized spacial score (nSPS) is 18.2. The Bertz CT molecular complexity index is 463. The minimum absolute atomic E-state index is 0.0980. The van der Waals surface area contributed by atoms with E-state index in [0.29, 0.717) is 19.5 Å². The molecule has 1 aliphatic heterocycles. The maximum atomic E-state index is 12.5. The second-order valence-corrected chi connectivity index (χ2v) is 5.03. The smallest absolute Gasteiger partial charge is 0.240 e. The second-order valence-electron chi connectivity index (χ2n) is 5.03. The molecule has 5 heteroatoms. The minimum Gasteiger partial charge on any atom is -0.336 e. The molecule has 5 nitrogen and oxygen atoms in total. The minimum atomic E-state index is -0.0980. The van der Waals surface area contributed by atoms with E-state index in [0.717, 1.165) is 31.4 Å². The van der Waals surface area contributed by atoms with Crippen molar-refractivity contribution in [2.45, 2.75) is 38.3 Å². The average Bonchev–Trinajstić information content (AvgIpc) is 2.52. The summed E-state index contributed by atoms with van der Waals surface area (Å²) in [5, 5.41) is 12.0. The van der Waals surface area contributed by atoms with Crippen molar-refractivity contribution in [1.82, 2.24) is 15.2 Å². The van der Waals surface area contributed by atoms with E-state index in [2.05, 4.69) is 16.4 Å². The number of hydrogen-bond donors (Lipinski definition) is 1. The molecule has 1 saturated heterocycles. The lowest BCUT2D eigenvalue weighted by molar-refractivity contribution is -0.134. The number of carbonyl (C=O) groups is 1. The molecular weight excluding hydrogens is 252 g/mol. The monoisotopic (exact) mass is 272 g/mol. The lowest BCUT2D eigenvalue weighted by atomic mass is 10.0. The molecular formula is C15H20N4O. The van der Waals surface area contributed by atoms with Crippen molar-refractivity contribution in [3.05, 3.63) is 30.1 Å². The van der Waals surface area contributed by atoms with E-state index in [9.17, 15) is 4.79 Å². The molecule has 0 spiro atoms. The number of amides is 1. The van der Waals surface area contributed by atoms with Gasteiger partial charge in [0.05, 0.1) is 18.5 Å². The Morgan fingerprint density at radius 1 is 1.55 bits per heavy atom. The largest absolute Gasteiger partial charge is 0.336 e.